The molecule has 1 fully saturated rings. The predicted octanol–water partition coefficient (Wildman–Crippen LogP) is 4.90. The Morgan fingerprint density at radius 3 is 2.62 bits per heavy atom. The van der Waals surface area contributed by atoms with Crippen LogP contribution in [0.2, 0.25) is 0 Å². The lowest BCUT2D eigenvalue weighted by Crippen LogP contribution is -2.17. The van der Waals surface area contributed by atoms with Gasteiger partial charge in [-0.1, -0.05) is 49.1 Å². The molecule has 0 spiro atoms. The highest BCUT2D eigenvalue weighted by atomic mass is 35.5. The summed E-state index contributed by atoms with van der Waals surface area (Å²) < 4.78 is 0. The van der Waals surface area contributed by atoms with Crippen LogP contribution < -0.4 is 0 Å². The van der Waals surface area contributed by atoms with Crippen molar-refractivity contribution in [3.8, 4) is 0 Å². The van der Waals surface area contributed by atoms with Crippen LogP contribution in [0.5, 0.6) is 0 Å². The molecule has 0 radical (unpaired) electrons. The van der Waals surface area contributed by atoms with Crippen molar-refractivity contribution in [2.45, 2.75) is 44.9 Å². The molecule has 0 bridgehead atoms. The van der Waals surface area contributed by atoms with E-state index in [4.69, 9.17) is 11.6 Å². The van der Waals surface area contributed by atoms with Crippen LogP contribution in [0.25, 0.3) is 0 Å². The summed E-state index contributed by atoms with van der Waals surface area (Å²) in [5, 5.41) is 0. The maximum atomic E-state index is 6.19. The molecule has 0 saturated heterocycles. The monoisotopic (exact) mass is 236 g/mol. The second-order valence-electron chi connectivity index (χ2n) is 5.07. The number of benzene rings is 1. The first-order valence-corrected chi connectivity index (χ1v) is 6.97. The molecule has 1 unspecified atom stereocenters. The van der Waals surface area contributed by atoms with Gasteiger partial charge < -0.3 is 0 Å². The average molecular weight is 237 g/mol. The van der Waals surface area contributed by atoms with Crippen molar-refractivity contribution < 1.29 is 0 Å². The van der Waals surface area contributed by atoms with Gasteiger partial charge in [-0.2, -0.15) is 0 Å². The first-order chi connectivity index (χ1) is 7.81. The van der Waals surface area contributed by atoms with E-state index in [9.17, 15) is 0 Å². The number of rotatable bonds is 3. The molecule has 1 aliphatic rings. The zero-order valence-corrected chi connectivity index (χ0v) is 10.8. The highest BCUT2D eigenvalue weighted by Gasteiger charge is 2.24. The van der Waals surface area contributed by atoms with Crippen LogP contribution in [0.1, 0.15) is 49.1 Å². The lowest BCUT2D eigenvalue weighted by molar-refractivity contribution is 0.318. The predicted molar refractivity (Wildman–Crippen MR) is 71.2 cm³/mol. The molecule has 0 N–H and O–H groups in total. The van der Waals surface area contributed by atoms with E-state index in [0.717, 1.165) is 11.8 Å². The summed E-state index contributed by atoms with van der Waals surface area (Å²) in [7, 11) is 0. The molecule has 1 aromatic carbocycles. The molecule has 1 atom stereocenters. The van der Waals surface area contributed by atoms with Crippen LogP contribution in [-0.4, -0.2) is 5.88 Å². The maximum absolute atomic E-state index is 6.19. The standard InChI is InChI=1S/C15H21Cl/c1-12-6-5-9-14(10-12)15(11-16)13-7-3-2-4-8-13/h5-6,9-10,13,15H,2-4,7-8,11H2,1H3. The van der Waals surface area contributed by atoms with Crippen LogP contribution in [0.4, 0.5) is 0 Å². The first kappa shape index (κ1) is 12.0. The van der Waals surface area contributed by atoms with E-state index >= 15 is 0 Å². The van der Waals surface area contributed by atoms with E-state index in [1.165, 1.54) is 43.2 Å². The van der Waals surface area contributed by atoms with E-state index in [1.54, 1.807) is 0 Å². The summed E-state index contributed by atoms with van der Waals surface area (Å²) in [6, 6.07) is 8.87. The molecule has 0 aromatic heterocycles. The Kier molecular flexibility index (Phi) is 4.29. The number of aryl methyl sites for hydroxylation is 1. The zero-order chi connectivity index (χ0) is 11.4. The molecule has 1 heteroatoms. The number of alkyl halides is 1. The molecule has 1 aromatic rings. The molecular weight excluding hydrogens is 216 g/mol. The molecule has 16 heavy (non-hydrogen) atoms. The lowest BCUT2D eigenvalue weighted by atomic mass is 9.77. The number of halogens is 1. The molecule has 0 aliphatic heterocycles. The molecule has 88 valence electrons. The molecule has 1 saturated carbocycles. The minimum Gasteiger partial charge on any atom is -0.126 e. The summed E-state index contributed by atoms with van der Waals surface area (Å²) in [5.41, 5.74) is 2.80. The zero-order valence-electron chi connectivity index (χ0n) is 10.1. The van der Waals surface area contributed by atoms with Crippen molar-refractivity contribution in [3.05, 3.63) is 35.4 Å². The minimum absolute atomic E-state index is 0.571. The van der Waals surface area contributed by atoms with E-state index in [0.29, 0.717) is 5.92 Å². The van der Waals surface area contributed by atoms with Gasteiger partial charge in [-0.05, 0) is 31.2 Å². The average Bonchev–Trinajstić information content (AvgIpc) is 2.31. The van der Waals surface area contributed by atoms with E-state index in [-0.39, 0.29) is 0 Å². The second-order valence-corrected chi connectivity index (χ2v) is 5.38. The fourth-order valence-corrected chi connectivity index (χ4v) is 3.35. The molecule has 0 heterocycles. The van der Waals surface area contributed by atoms with Crippen LogP contribution >= 0.6 is 11.6 Å². The van der Waals surface area contributed by atoms with Crippen molar-refractivity contribution in [2.24, 2.45) is 5.92 Å². The van der Waals surface area contributed by atoms with Crippen molar-refractivity contribution in [1.82, 2.24) is 0 Å². The fourth-order valence-electron chi connectivity index (χ4n) is 2.92. The normalized spacial score (nSPS) is 19.6. The Bertz CT molecular complexity index is 326. The largest absolute Gasteiger partial charge is 0.126 e. The smallest absolute Gasteiger partial charge is 0.0294 e. The van der Waals surface area contributed by atoms with Crippen molar-refractivity contribution in [1.29, 1.82) is 0 Å². The summed E-state index contributed by atoms with van der Waals surface area (Å²) in [6.07, 6.45) is 6.93. The Balaban J connectivity index is 2.14. The van der Waals surface area contributed by atoms with Crippen molar-refractivity contribution in [3.63, 3.8) is 0 Å². The third-order valence-electron chi connectivity index (χ3n) is 3.86. The van der Waals surface area contributed by atoms with E-state index < -0.39 is 0 Å². The van der Waals surface area contributed by atoms with Crippen LogP contribution in [0.15, 0.2) is 24.3 Å². The Morgan fingerprint density at radius 2 is 2.00 bits per heavy atom. The SMILES string of the molecule is Cc1cccc(C(CCl)C2CCCCC2)c1. The minimum atomic E-state index is 0.571. The van der Waals surface area contributed by atoms with Gasteiger partial charge in [-0.25, -0.2) is 0 Å². The van der Waals surface area contributed by atoms with Crippen LogP contribution in [0.3, 0.4) is 0 Å². The molecular formula is C15H21Cl. The third-order valence-corrected chi connectivity index (χ3v) is 4.19. The van der Waals surface area contributed by atoms with Gasteiger partial charge in [-0.3, -0.25) is 0 Å². The number of hydrogen-bond acceptors (Lipinski definition) is 0. The van der Waals surface area contributed by atoms with Crippen molar-refractivity contribution in [2.75, 3.05) is 5.88 Å². The highest BCUT2D eigenvalue weighted by molar-refractivity contribution is 6.18. The first-order valence-electron chi connectivity index (χ1n) is 6.44. The van der Waals surface area contributed by atoms with E-state index in [2.05, 4.69) is 31.2 Å². The van der Waals surface area contributed by atoms with Crippen LogP contribution in [-0.2, 0) is 0 Å². The van der Waals surface area contributed by atoms with Gasteiger partial charge >= 0.3 is 0 Å². The summed E-state index contributed by atoms with van der Waals surface area (Å²) in [6.45, 7) is 2.16. The van der Waals surface area contributed by atoms with Crippen LogP contribution in [0, 0.1) is 12.8 Å². The summed E-state index contributed by atoms with van der Waals surface area (Å²) in [4.78, 5) is 0. The lowest BCUT2D eigenvalue weighted by Gasteiger charge is -2.29. The van der Waals surface area contributed by atoms with Gasteiger partial charge in [0.2, 0.25) is 0 Å². The highest BCUT2D eigenvalue weighted by Crippen LogP contribution is 2.36. The molecule has 0 amide bonds. The quantitative estimate of drug-likeness (QED) is 0.655. The van der Waals surface area contributed by atoms with Gasteiger partial charge in [0.1, 0.15) is 0 Å². The van der Waals surface area contributed by atoms with Gasteiger partial charge in [-0.15, -0.1) is 11.6 Å². The van der Waals surface area contributed by atoms with E-state index in [1.807, 2.05) is 0 Å². The Labute approximate surface area is 104 Å². The summed E-state index contributed by atoms with van der Waals surface area (Å²) >= 11 is 6.19. The number of hydrogen-bond donors (Lipinski definition) is 0. The Hall–Kier alpha value is -0.490. The Morgan fingerprint density at radius 1 is 1.25 bits per heavy atom. The summed E-state index contributed by atoms with van der Waals surface area (Å²) in [5.74, 6) is 2.16. The van der Waals surface area contributed by atoms with Gasteiger partial charge in [0.15, 0.2) is 0 Å². The maximum Gasteiger partial charge on any atom is 0.0294 e. The van der Waals surface area contributed by atoms with Crippen molar-refractivity contribution >= 4 is 11.6 Å². The topological polar surface area (TPSA) is 0 Å². The van der Waals surface area contributed by atoms with Gasteiger partial charge in [0, 0.05) is 11.8 Å². The van der Waals surface area contributed by atoms with Gasteiger partial charge in [0.05, 0.1) is 0 Å². The molecule has 0 nitrogen and oxygen atoms in total. The fraction of sp³-hybridized carbons (Fsp3) is 0.600. The second kappa shape index (κ2) is 5.72. The molecule has 1 aliphatic carbocycles. The molecule has 2 rings (SSSR count). The van der Waals surface area contributed by atoms with Gasteiger partial charge in [0.25, 0.3) is 0 Å². The third kappa shape index (κ3) is 2.79.